The van der Waals surface area contributed by atoms with Gasteiger partial charge in [-0.3, -0.25) is 4.79 Å². The summed E-state index contributed by atoms with van der Waals surface area (Å²) in [4.78, 5) is 24.7. The Hall–Kier alpha value is -2.26. The lowest BCUT2D eigenvalue weighted by Crippen LogP contribution is -2.34. The highest BCUT2D eigenvalue weighted by Gasteiger charge is 2.38. The van der Waals surface area contributed by atoms with E-state index in [1.807, 2.05) is 0 Å². The maximum Gasteiger partial charge on any atom is 0.490 e. The zero-order chi connectivity index (χ0) is 16.9. The van der Waals surface area contributed by atoms with Gasteiger partial charge in [0.25, 0.3) is 5.91 Å². The van der Waals surface area contributed by atoms with Crippen molar-refractivity contribution >= 4 is 17.7 Å². The Morgan fingerprint density at radius 3 is 2.27 bits per heavy atom. The summed E-state index contributed by atoms with van der Waals surface area (Å²) in [6.45, 7) is 0. The van der Waals surface area contributed by atoms with Gasteiger partial charge in [0.1, 0.15) is 5.82 Å². The molecule has 0 bridgehead atoms. The minimum atomic E-state index is -5.08. The van der Waals surface area contributed by atoms with Crippen LogP contribution in [-0.4, -0.2) is 38.8 Å². The Morgan fingerprint density at radius 1 is 1.41 bits per heavy atom. The number of hydrogen-bond acceptors (Lipinski definition) is 4. The third-order valence-electron chi connectivity index (χ3n) is 3.03. The van der Waals surface area contributed by atoms with Crippen molar-refractivity contribution in [2.75, 3.05) is 5.73 Å². The van der Waals surface area contributed by atoms with E-state index in [9.17, 15) is 18.0 Å². The summed E-state index contributed by atoms with van der Waals surface area (Å²) in [6, 6.07) is 0.315. The topological polar surface area (TPSA) is 110 Å². The number of carbonyl (C=O) groups excluding carboxylic acids is 1. The van der Waals surface area contributed by atoms with Crippen LogP contribution in [0.3, 0.4) is 0 Å². The van der Waals surface area contributed by atoms with E-state index in [1.165, 1.54) is 12.8 Å². The van der Waals surface area contributed by atoms with Crippen molar-refractivity contribution in [3.63, 3.8) is 0 Å². The smallest absolute Gasteiger partial charge is 0.475 e. The van der Waals surface area contributed by atoms with Gasteiger partial charge < -0.3 is 20.7 Å². The van der Waals surface area contributed by atoms with Crippen molar-refractivity contribution < 1.29 is 27.9 Å². The van der Waals surface area contributed by atoms with Crippen molar-refractivity contribution in [1.29, 1.82) is 0 Å². The quantitative estimate of drug-likeness (QED) is 0.760. The second-order valence-electron chi connectivity index (χ2n) is 4.86. The van der Waals surface area contributed by atoms with Gasteiger partial charge in [-0.05, 0) is 12.8 Å². The van der Waals surface area contributed by atoms with Gasteiger partial charge in [0.05, 0.1) is 0 Å². The normalized spacial score (nSPS) is 15.1. The van der Waals surface area contributed by atoms with E-state index in [4.69, 9.17) is 15.6 Å². The number of nitrogens with zero attached hydrogens (tertiary/aromatic N) is 2. The first-order chi connectivity index (χ1) is 10.1. The molecule has 0 aromatic carbocycles. The van der Waals surface area contributed by atoms with E-state index in [-0.39, 0.29) is 5.91 Å². The van der Waals surface area contributed by atoms with Gasteiger partial charge in [0, 0.05) is 19.3 Å². The third-order valence-corrected chi connectivity index (χ3v) is 3.03. The number of alkyl halides is 3. The molecule has 1 saturated carbocycles. The van der Waals surface area contributed by atoms with Gasteiger partial charge in [-0.25, -0.2) is 9.78 Å². The number of anilines is 1. The first-order valence-corrected chi connectivity index (χ1v) is 6.51. The van der Waals surface area contributed by atoms with Gasteiger partial charge in [-0.15, -0.1) is 0 Å². The average Bonchev–Trinajstić information content (AvgIpc) is 2.98. The molecule has 1 aliphatic carbocycles. The average molecular weight is 322 g/mol. The van der Waals surface area contributed by atoms with Crippen LogP contribution in [0, 0.1) is 0 Å². The summed E-state index contributed by atoms with van der Waals surface area (Å²) in [5.41, 5.74) is 5.51. The monoisotopic (exact) mass is 322 g/mol. The zero-order valence-electron chi connectivity index (χ0n) is 11.9. The molecule has 0 atom stereocenters. The fourth-order valence-electron chi connectivity index (χ4n) is 2.02. The van der Waals surface area contributed by atoms with Gasteiger partial charge in [-0.2, -0.15) is 13.2 Å². The van der Waals surface area contributed by atoms with Crippen LogP contribution in [0.15, 0.2) is 6.20 Å². The van der Waals surface area contributed by atoms with Crippen molar-refractivity contribution in [3.05, 3.63) is 12.0 Å². The Labute approximate surface area is 124 Å². The minimum Gasteiger partial charge on any atom is -0.475 e. The van der Waals surface area contributed by atoms with Crippen molar-refractivity contribution in [2.45, 2.75) is 37.9 Å². The number of halogens is 3. The summed E-state index contributed by atoms with van der Waals surface area (Å²) in [6.07, 6.45) is 1.11. The highest BCUT2D eigenvalue weighted by molar-refractivity contribution is 5.91. The van der Waals surface area contributed by atoms with Gasteiger partial charge in [-0.1, -0.05) is 12.8 Å². The number of nitrogens with two attached hydrogens (primary N) is 1. The molecule has 1 aromatic rings. The van der Waals surface area contributed by atoms with Crippen LogP contribution in [0.5, 0.6) is 0 Å². The van der Waals surface area contributed by atoms with E-state index in [0.717, 1.165) is 12.8 Å². The van der Waals surface area contributed by atoms with Gasteiger partial charge in [0.15, 0.2) is 0 Å². The predicted octanol–water partition coefficient (Wildman–Crippen LogP) is 1.31. The highest BCUT2D eigenvalue weighted by atomic mass is 19.4. The number of carbonyl (C=O) groups is 2. The summed E-state index contributed by atoms with van der Waals surface area (Å²) in [5, 5.41) is 10.1. The number of hydrogen-bond donors (Lipinski definition) is 3. The van der Waals surface area contributed by atoms with Crippen LogP contribution in [0.4, 0.5) is 19.0 Å². The lowest BCUT2D eigenvalue weighted by atomic mass is 10.2. The second kappa shape index (κ2) is 7.14. The van der Waals surface area contributed by atoms with Crippen molar-refractivity contribution in [1.82, 2.24) is 14.9 Å². The Balaban J connectivity index is 0.000000295. The van der Waals surface area contributed by atoms with E-state index in [1.54, 1.807) is 17.8 Å². The second-order valence-corrected chi connectivity index (χ2v) is 4.86. The van der Waals surface area contributed by atoms with Crippen LogP contribution in [0.25, 0.3) is 0 Å². The lowest BCUT2D eigenvalue weighted by molar-refractivity contribution is -0.192. The molecule has 2 rings (SSSR count). The number of aryl methyl sites for hydroxylation is 1. The minimum absolute atomic E-state index is 0.124. The first-order valence-electron chi connectivity index (χ1n) is 6.51. The molecule has 10 heteroatoms. The zero-order valence-corrected chi connectivity index (χ0v) is 11.9. The van der Waals surface area contributed by atoms with Crippen LogP contribution >= 0.6 is 0 Å². The van der Waals surface area contributed by atoms with E-state index in [0.29, 0.717) is 17.7 Å². The Morgan fingerprint density at radius 2 is 1.91 bits per heavy atom. The molecule has 22 heavy (non-hydrogen) atoms. The van der Waals surface area contributed by atoms with Crippen LogP contribution in [0.1, 0.15) is 36.3 Å². The molecule has 0 radical (unpaired) electrons. The Bertz CT molecular complexity index is 536. The fourth-order valence-corrected chi connectivity index (χ4v) is 2.02. The molecule has 1 fully saturated rings. The maximum absolute atomic E-state index is 11.8. The number of aromatic nitrogens is 2. The summed E-state index contributed by atoms with van der Waals surface area (Å²) in [7, 11) is 1.77. The fraction of sp³-hybridized carbons (Fsp3) is 0.583. The number of nitrogen functional groups attached to an aromatic ring is 1. The molecule has 0 saturated heterocycles. The molecule has 1 aliphatic rings. The number of aliphatic carboxylic acids is 1. The lowest BCUT2D eigenvalue weighted by Gasteiger charge is -2.10. The maximum atomic E-state index is 11.8. The molecular weight excluding hydrogens is 305 g/mol. The SMILES string of the molecule is Cn1cc(N)nc1C(=O)NC1CCCC1.O=C(O)C(F)(F)F. The number of carboxylic acid groups (broad SMARTS) is 1. The third kappa shape index (κ3) is 5.26. The number of amides is 1. The molecule has 1 amide bonds. The van der Waals surface area contributed by atoms with Crippen molar-refractivity contribution in [3.8, 4) is 0 Å². The molecular formula is C12H17F3N4O3. The van der Waals surface area contributed by atoms with Crippen LogP contribution < -0.4 is 11.1 Å². The Kier molecular flexibility index (Phi) is 5.77. The summed E-state index contributed by atoms with van der Waals surface area (Å²) in [5.74, 6) is -2.11. The molecule has 4 N–H and O–H groups in total. The number of rotatable bonds is 2. The van der Waals surface area contributed by atoms with Crippen molar-refractivity contribution in [2.24, 2.45) is 7.05 Å². The van der Waals surface area contributed by atoms with E-state index >= 15 is 0 Å². The predicted molar refractivity (Wildman–Crippen MR) is 71.0 cm³/mol. The summed E-state index contributed by atoms with van der Waals surface area (Å²) < 4.78 is 33.4. The standard InChI is InChI=1S/C10H16N4O.C2HF3O2/c1-14-6-8(11)13-9(14)10(15)12-7-4-2-3-5-7;3-2(4,5)1(6)7/h6-7H,2-5,11H2,1H3,(H,12,15);(H,6,7). The molecule has 0 unspecified atom stereocenters. The number of imidazole rings is 1. The molecule has 1 heterocycles. The number of nitrogens with one attached hydrogen (secondary N) is 1. The highest BCUT2D eigenvalue weighted by Crippen LogP contribution is 2.18. The molecule has 0 spiro atoms. The van der Waals surface area contributed by atoms with Crippen LogP contribution in [0.2, 0.25) is 0 Å². The summed E-state index contributed by atoms with van der Waals surface area (Å²) >= 11 is 0. The van der Waals surface area contributed by atoms with Crippen LogP contribution in [-0.2, 0) is 11.8 Å². The van der Waals surface area contributed by atoms with E-state index in [2.05, 4.69) is 10.3 Å². The molecule has 124 valence electrons. The van der Waals surface area contributed by atoms with E-state index < -0.39 is 12.1 Å². The van der Waals surface area contributed by atoms with Gasteiger partial charge in [0.2, 0.25) is 5.82 Å². The molecule has 1 aromatic heterocycles. The number of carboxylic acids is 1. The first kappa shape index (κ1) is 17.8. The largest absolute Gasteiger partial charge is 0.490 e. The van der Waals surface area contributed by atoms with Gasteiger partial charge >= 0.3 is 12.1 Å². The molecule has 7 nitrogen and oxygen atoms in total. The molecule has 0 aliphatic heterocycles.